The second kappa shape index (κ2) is 15.3. The van der Waals surface area contributed by atoms with E-state index in [2.05, 4.69) is 21.3 Å². The Morgan fingerprint density at radius 2 is 1.68 bits per heavy atom. The van der Waals surface area contributed by atoms with Gasteiger partial charge in [0.1, 0.15) is 24.4 Å². The summed E-state index contributed by atoms with van der Waals surface area (Å²) in [4.78, 5) is 96.6. The van der Waals surface area contributed by atoms with Crippen molar-refractivity contribution in [3.05, 3.63) is 0 Å². The Bertz CT molecular complexity index is 926. The summed E-state index contributed by atoms with van der Waals surface area (Å²) >= 11 is 0. The predicted molar refractivity (Wildman–Crippen MR) is 129 cm³/mol. The van der Waals surface area contributed by atoms with E-state index < -0.39 is 78.6 Å². The number of carbonyl (C=O) groups excluding carboxylic acids is 6. The Hall–Kier alpha value is -4.04. The average molecular weight is 542 g/mol. The van der Waals surface area contributed by atoms with Gasteiger partial charge < -0.3 is 41.2 Å². The molecule has 15 heteroatoms. The van der Waals surface area contributed by atoms with E-state index in [9.17, 15) is 38.4 Å². The molecule has 0 aliphatic carbocycles. The Kier molecular flexibility index (Phi) is 12.9. The smallest absolute Gasteiger partial charge is 0.305 e. The van der Waals surface area contributed by atoms with E-state index >= 15 is 0 Å². The number of carboxylic acid groups (broad SMARTS) is 2. The standard InChI is InChI=1S/C23H35N5O10/c1-4-12(2)20(25-13(3)31)22(37)27-16(5-6-18(32)33)23(38)28-9-14(24-11-30)7-17(28)21(36)26-15(10-29)8-19(34)35/h10-12,14-17,20H,4-9H2,1-3H3,(H,24,30)(H,25,31)(H,26,36)(H,27,37)(H,32,33)(H,34,35)/t12-,14-,15-,16-,17-,20-/m0/s1. The number of carboxylic acids is 2. The second-order valence-corrected chi connectivity index (χ2v) is 9.13. The van der Waals surface area contributed by atoms with Gasteiger partial charge in [-0.15, -0.1) is 0 Å². The fourth-order valence-corrected chi connectivity index (χ4v) is 4.05. The number of nitrogens with zero attached hydrogens (tertiary/aromatic N) is 1. The van der Waals surface area contributed by atoms with Crippen molar-refractivity contribution in [2.75, 3.05) is 6.54 Å². The lowest BCUT2D eigenvalue weighted by Crippen LogP contribution is -2.58. The van der Waals surface area contributed by atoms with Crippen molar-refractivity contribution in [2.24, 2.45) is 5.92 Å². The second-order valence-electron chi connectivity index (χ2n) is 9.13. The van der Waals surface area contributed by atoms with Crippen LogP contribution in [0.15, 0.2) is 0 Å². The van der Waals surface area contributed by atoms with Gasteiger partial charge in [-0.25, -0.2) is 0 Å². The van der Waals surface area contributed by atoms with Gasteiger partial charge in [-0.1, -0.05) is 20.3 Å². The number of hydrogen-bond acceptors (Lipinski definition) is 8. The molecule has 15 nitrogen and oxygen atoms in total. The summed E-state index contributed by atoms with van der Waals surface area (Å²) in [6.07, 6.45) is -0.481. The highest BCUT2D eigenvalue weighted by Gasteiger charge is 2.43. The van der Waals surface area contributed by atoms with Crippen LogP contribution >= 0.6 is 0 Å². The molecule has 0 saturated carbocycles. The lowest BCUT2D eigenvalue weighted by Gasteiger charge is -2.30. The first-order valence-corrected chi connectivity index (χ1v) is 12.1. The zero-order valence-electron chi connectivity index (χ0n) is 21.5. The first kappa shape index (κ1) is 32.0. The molecule has 0 aromatic rings. The molecule has 1 fully saturated rings. The molecule has 1 heterocycles. The zero-order valence-corrected chi connectivity index (χ0v) is 21.5. The van der Waals surface area contributed by atoms with Gasteiger partial charge in [0.05, 0.1) is 12.5 Å². The van der Waals surface area contributed by atoms with Gasteiger partial charge in [0, 0.05) is 25.9 Å². The number of nitrogens with one attached hydrogen (secondary N) is 4. The molecule has 1 aliphatic heterocycles. The molecule has 1 aliphatic rings. The molecule has 0 unspecified atom stereocenters. The summed E-state index contributed by atoms with van der Waals surface area (Å²) in [6.45, 7) is 4.57. The van der Waals surface area contributed by atoms with Gasteiger partial charge in [-0.3, -0.25) is 33.6 Å². The van der Waals surface area contributed by atoms with Gasteiger partial charge in [0.2, 0.25) is 30.0 Å². The molecule has 0 spiro atoms. The van der Waals surface area contributed by atoms with Gasteiger partial charge in [-0.05, 0) is 18.8 Å². The molecular weight excluding hydrogens is 506 g/mol. The average Bonchev–Trinajstić information content (AvgIpc) is 3.27. The fourth-order valence-electron chi connectivity index (χ4n) is 4.05. The molecular formula is C23H35N5O10. The van der Waals surface area contributed by atoms with Crippen LogP contribution in [-0.4, -0.2) is 100 Å². The van der Waals surface area contributed by atoms with Crippen molar-refractivity contribution in [3.63, 3.8) is 0 Å². The lowest BCUT2D eigenvalue weighted by atomic mass is 9.97. The topological polar surface area (TPSA) is 228 Å². The van der Waals surface area contributed by atoms with Crippen molar-refractivity contribution in [3.8, 4) is 0 Å². The van der Waals surface area contributed by atoms with Gasteiger partial charge in [-0.2, -0.15) is 0 Å². The molecule has 6 N–H and O–H groups in total. The van der Waals surface area contributed by atoms with E-state index in [0.29, 0.717) is 12.8 Å². The van der Waals surface area contributed by atoms with Crippen molar-refractivity contribution in [1.29, 1.82) is 0 Å². The zero-order chi connectivity index (χ0) is 29.0. The molecule has 1 rings (SSSR count). The van der Waals surface area contributed by atoms with E-state index in [-0.39, 0.29) is 31.6 Å². The van der Waals surface area contributed by atoms with Crippen molar-refractivity contribution >= 4 is 48.3 Å². The van der Waals surface area contributed by atoms with Crippen molar-refractivity contribution < 1.29 is 48.6 Å². The van der Waals surface area contributed by atoms with E-state index in [1.165, 1.54) is 6.92 Å². The lowest BCUT2D eigenvalue weighted by molar-refractivity contribution is -0.144. The van der Waals surface area contributed by atoms with E-state index in [4.69, 9.17) is 10.2 Å². The fraction of sp³-hybridized carbons (Fsp3) is 0.652. The Labute approximate surface area is 219 Å². The summed E-state index contributed by atoms with van der Waals surface area (Å²) in [5.41, 5.74) is 0. The van der Waals surface area contributed by atoms with Crippen molar-refractivity contribution in [1.82, 2.24) is 26.2 Å². The molecule has 1 saturated heterocycles. The number of rotatable bonds is 16. The first-order valence-electron chi connectivity index (χ1n) is 12.1. The van der Waals surface area contributed by atoms with E-state index in [1.807, 2.05) is 0 Å². The van der Waals surface area contributed by atoms with Crippen LogP contribution in [0, 0.1) is 5.92 Å². The predicted octanol–water partition coefficient (Wildman–Crippen LogP) is -2.24. The van der Waals surface area contributed by atoms with Crippen LogP contribution in [-0.2, 0) is 38.4 Å². The molecule has 0 aromatic carbocycles. The van der Waals surface area contributed by atoms with Gasteiger partial charge in [0.15, 0.2) is 0 Å². The van der Waals surface area contributed by atoms with Crippen LogP contribution in [0.4, 0.5) is 0 Å². The highest BCUT2D eigenvalue weighted by Crippen LogP contribution is 2.21. The summed E-state index contributed by atoms with van der Waals surface area (Å²) < 4.78 is 0. The van der Waals surface area contributed by atoms with Crippen LogP contribution in [0.25, 0.3) is 0 Å². The molecule has 6 atom stereocenters. The number of hydrogen-bond donors (Lipinski definition) is 6. The van der Waals surface area contributed by atoms with Crippen LogP contribution in [0.5, 0.6) is 0 Å². The molecule has 5 amide bonds. The molecule has 38 heavy (non-hydrogen) atoms. The number of carbonyl (C=O) groups is 8. The maximum atomic E-state index is 13.5. The number of aldehydes is 1. The molecule has 0 radical (unpaired) electrons. The van der Waals surface area contributed by atoms with Gasteiger partial charge >= 0.3 is 11.9 Å². The summed E-state index contributed by atoms with van der Waals surface area (Å²) in [7, 11) is 0. The van der Waals surface area contributed by atoms with Crippen molar-refractivity contribution in [2.45, 2.75) is 83.1 Å². The van der Waals surface area contributed by atoms with Crippen LogP contribution in [0.3, 0.4) is 0 Å². The SMILES string of the molecule is CC[C@H](C)[C@H](NC(C)=O)C(=O)N[C@@H](CCC(=O)O)C(=O)N1C[C@@H](NC=O)C[C@H]1C(=O)N[C@H](C=O)CC(=O)O. The van der Waals surface area contributed by atoms with Gasteiger partial charge in [0.25, 0.3) is 0 Å². The Morgan fingerprint density at radius 1 is 1.03 bits per heavy atom. The Morgan fingerprint density at radius 3 is 2.18 bits per heavy atom. The summed E-state index contributed by atoms with van der Waals surface area (Å²) in [6, 6.07) is -5.70. The number of amides is 5. The molecule has 0 aromatic heterocycles. The van der Waals surface area contributed by atoms with E-state index in [1.54, 1.807) is 13.8 Å². The minimum atomic E-state index is -1.40. The summed E-state index contributed by atoms with van der Waals surface area (Å²) in [5, 5.41) is 27.8. The van der Waals surface area contributed by atoms with Crippen LogP contribution in [0.1, 0.15) is 52.9 Å². The quantitative estimate of drug-likeness (QED) is 0.115. The monoisotopic (exact) mass is 541 g/mol. The highest BCUT2D eigenvalue weighted by atomic mass is 16.4. The Balaban J connectivity index is 3.25. The molecule has 212 valence electrons. The maximum Gasteiger partial charge on any atom is 0.305 e. The third-order valence-electron chi connectivity index (χ3n) is 6.19. The first-order chi connectivity index (χ1) is 17.8. The van der Waals surface area contributed by atoms with Crippen LogP contribution < -0.4 is 21.3 Å². The van der Waals surface area contributed by atoms with E-state index in [0.717, 1.165) is 4.90 Å². The minimum Gasteiger partial charge on any atom is -0.481 e. The summed E-state index contributed by atoms with van der Waals surface area (Å²) in [5.74, 6) is -5.78. The molecule has 0 bridgehead atoms. The number of aliphatic carboxylic acids is 2. The maximum absolute atomic E-state index is 13.5. The minimum absolute atomic E-state index is 0.0735. The largest absolute Gasteiger partial charge is 0.481 e. The third-order valence-corrected chi connectivity index (χ3v) is 6.19. The third kappa shape index (κ3) is 9.78. The number of likely N-dealkylation sites (tertiary alicyclic amines) is 1. The van der Waals surface area contributed by atoms with Crippen LogP contribution in [0.2, 0.25) is 0 Å². The normalized spacial score (nSPS) is 19.7. The highest BCUT2D eigenvalue weighted by molar-refractivity contribution is 5.95.